The molecule has 0 amide bonds. The molecule has 0 aromatic rings. The Balaban J connectivity index is 2.39. The minimum absolute atomic E-state index is 0.0307. The lowest BCUT2D eigenvalue weighted by molar-refractivity contribution is 0.154. The summed E-state index contributed by atoms with van der Waals surface area (Å²) >= 11 is 0. The fourth-order valence-electron chi connectivity index (χ4n) is 2.46. The Labute approximate surface area is 99.6 Å². The molecular weight excluding hydrogens is 202 g/mol. The molecule has 1 aliphatic carbocycles. The van der Waals surface area contributed by atoms with Gasteiger partial charge in [-0.2, -0.15) is 0 Å². The Morgan fingerprint density at radius 2 is 2.00 bits per heavy atom. The summed E-state index contributed by atoms with van der Waals surface area (Å²) in [4.78, 5) is 4.64. The first-order valence-corrected chi connectivity index (χ1v) is 6.18. The Morgan fingerprint density at radius 1 is 1.31 bits per heavy atom. The van der Waals surface area contributed by atoms with E-state index in [9.17, 15) is 5.11 Å². The zero-order valence-electron chi connectivity index (χ0n) is 11.2. The highest BCUT2D eigenvalue weighted by Crippen LogP contribution is 2.31. The second kappa shape index (κ2) is 5.96. The molecule has 0 radical (unpaired) electrons. The van der Waals surface area contributed by atoms with Gasteiger partial charge in [0.1, 0.15) is 0 Å². The Morgan fingerprint density at radius 3 is 2.44 bits per heavy atom. The summed E-state index contributed by atoms with van der Waals surface area (Å²) in [6, 6.07) is 0.611. The summed E-state index contributed by atoms with van der Waals surface area (Å²) in [5.41, 5.74) is -0.0307. The number of aliphatic hydroxyl groups excluding tert-OH is 1. The number of likely N-dealkylation sites (N-methyl/N-ethyl adjacent to an activating group) is 3. The topological polar surface area (TPSA) is 38.7 Å². The largest absolute Gasteiger partial charge is 0.394 e. The molecule has 16 heavy (non-hydrogen) atoms. The van der Waals surface area contributed by atoms with E-state index in [4.69, 9.17) is 0 Å². The first-order chi connectivity index (χ1) is 7.53. The number of rotatable bonds is 6. The van der Waals surface area contributed by atoms with E-state index in [2.05, 4.69) is 36.3 Å². The minimum Gasteiger partial charge on any atom is -0.394 e. The third-order valence-corrected chi connectivity index (χ3v) is 3.94. The van der Waals surface area contributed by atoms with Gasteiger partial charge in [0.2, 0.25) is 0 Å². The van der Waals surface area contributed by atoms with Crippen molar-refractivity contribution in [1.29, 1.82) is 0 Å². The van der Waals surface area contributed by atoms with Crippen molar-refractivity contribution in [2.45, 2.75) is 30.8 Å². The molecule has 96 valence electrons. The molecule has 0 saturated heterocycles. The van der Waals surface area contributed by atoms with E-state index in [1.54, 1.807) is 0 Å². The van der Waals surface area contributed by atoms with E-state index in [1.807, 2.05) is 7.05 Å². The number of hydrogen-bond acceptors (Lipinski definition) is 4. The summed E-state index contributed by atoms with van der Waals surface area (Å²) in [7, 11) is 8.36. The van der Waals surface area contributed by atoms with Gasteiger partial charge in [-0.3, -0.25) is 0 Å². The summed E-state index contributed by atoms with van der Waals surface area (Å²) in [6.45, 7) is 2.45. The van der Waals surface area contributed by atoms with E-state index in [1.165, 1.54) is 6.42 Å². The lowest BCUT2D eigenvalue weighted by Gasteiger charge is -2.29. The van der Waals surface area contributed by atoms with Crippen LogP contribution in [0.5, 0.6) is 0 Å². The third-order valence-electron chi connectivity index (χ3n) is 3.94. The standard InChI is InChI=1S/C12H27N3O/c1-13-12(10-16)6-5-11(9-12)15(4)8-7-14(2)3/h11,13,16H,5-10H2,1-4H3. The second-order valence-electron chi connectivity index (χ2n) is 5.37. The highest BCUT2D eigenvalue weighted by molar-refractivity contribution is 4.98. The highest BCUT2D eigenvalue weighted by Gasteiger charge is 2.38. The van der Waals surface area contributed by atoms with Crippen LogP contribution in [0.1, 0.15) is 19.3 Å². The van der Waals surface area contributed by atoms with Gasteiger partial charge in [0, 0.05) is 24.7 Å². The quantitative estimate of drug-likeness (QED) is 0.671. The van der Waals surface area contributed by atoms with Crippen LogP contribution in [0.15, 0.2) is 0 Å². The molecule has 2 atom stereocenters. The molecule has 1 rings (SSSR count). The first kappa shape index (κ1) is 13.9. The van der Waals surface area contributed by atoms with Gasteiger partial charge in [-0.1, -0.05) is 0 Å². The van der Waals surface area contributed by atoms with Crippen LogP contribution in [0, 0.1) is 0 Å². The summed E-state index contributed by atoms with van der Waals surface area (Å²) in [5, 5.41) is 12.7. The predicted octanol–water partition coefficient (Wildman–Crippen LogP) is -0.0172. The van der Waals surface area contributed by atoms with Gasteiger partial charge in [0.25, 0.3) is 0 Å². The van der Waals surface area contributed by atoms with Crippen LogP contribution in [0.3, 0.4) is 0 Å². The SMILES string of the molecule is CNC1(CO)CCC(N(C)CCN(C)C)C1. The minimum atomic E-state index is -0.0307. The molecule has 1 aliphatic rings. The molecule has 4 heteroatoms. The lowest BCUT2D eigenvalue weighted by atomic mass is 9.99. The highest BCUT2D eigenvalue weighted by atomic mass is 16.3. The van der Waals surface area contributed by atoms with Gasteiger partial charge in [-0.15, -0.1) is 0 Å². The van der Waals surface area contributed by atoms with Crippen molar-refractivity contribution in [3.8, 4) is 0 Å². The van der Waals surface area contributed by atoms with E-state index in [-0.39, 0.29) is 12.1 Å². The lowest BCUT2D eigenvalue weighted by Crippen LogP contribution is -2.46. The van der Waals surface area contributed by atoms with Crippen molar-refractivity contribution in [3.05, 3.63) is 0 Å². The number of aliphatic hydroxyl groups is 1. The monoisotopic (exact) mass is 229 g/mol. The zero-order valence-corrected chi connectivity index (χ0v) is 11.2. The van der Waals surface area contributed by atoms with E-state index in [0.717, 1.165) is 25.9 Å². The van der Waals surface area contributed by atoms with Crippen LogP contribution in [0.2, 0.25) is 0 Å². The third kappa shape index (κ3) is 3.42. The fourth-order valence-corrected chi connectivity index (χ4v) is 2.46. The summed E-state index contributed by atoms with van der Waals surface area (Å²) in [6.07, 6.45) is 3.33. The second-order valence-corrected chi connectivity index (χ2v) is 5.37. The summed E-state index contributed by atoms with van der Waals surface area (Å²) in [5.74, 6) is 0. The normalized spacial score (nSPS) is 30.6. The number of nitrogens with zero attached hydrogens (tertiary/aromatic N) is 2. The van der Waals surface area contributed by atoms with Gasteiger partial charge in [0.05, 0.1) is 6.61 Å². The molecular formula is C12H27N3O. The molecule has 4 nitrogen and oxygen atoms in total. The summed E-state index contributed by atoms with van der Waals surface area (Å²) < 4.78 is 0. The molecule has 0 aromatic heterocycles. The van der Waals surface area contributed by atoms with Crippen molar-refractivity contribution >= 4 is 0 Å². The van der Waals surface area contributed by atoms with Crippen LogP contribution in [-0.2, 0) is 0 Å². The van der Waals surface area contributed by atoms with E-state index in [0.29, 0.717) is 6.04 Å². The van der Waals surface area contributed by atoms with Gasteiger partial charge in [-0.05, 0) is 47.5 Å². The van der Waals surface area contributed by atoms with Crippen LogP contribution < -0.4 is 5.32 Å². The van der Waals surface area contributed by atoms with Crippen molar-refractivity contribution in [2.75, 3.05) is 47.9 Å². The van der Waals surface area contributed by atoms with Crippen LogP contribution in [0.4, 0.5) is 0 Å². The molecule has 1 saturated carbocycles. The van der Waals surface area contributed by atoms with Gasteiger partial charge in [0.15, 0.2) is 0 Å². The maximum absolute atomic E-state index is 9.44. The van der Waals surface area contributed by atoms with Gasteiger partial charge < -0.3 is 20.2 Å². The average molecular weight is 229 g/mol. The Hall–Kier alpha value is -0.160. The first-order valence-electron chi connectivity index (χ1n) is 6.18. The van der Waals surface area contributed by atoms with Crippen molar-refractivity contribution in [1.82, 2.24) is 15.1 Å². The Kier molecular flexibility index (Phi) is 5.18. The van der Waals surface area contributed by atoms with Crippen LogP contribution >= 0.6 is 0 Å². The van der Waals surface area contributed by atoms with Crippen molar-refractivity contribution < 1.29 is 5.11 Å². The molecule has 0 aliphatic heterocycles. The molecule has 0 aromatic carbocycles. The molecule has 0 bridgehead atoms. The predicted molar refractivity (Wildman–Crippen MR) is 67.7 cm³/mol. The van der Waals surface area contributed by atoms with Gasteiger partial charge in [-0.25, -0.2) is 0 Å². The molecule has 2 N–H and O–H groups in total. The number of hydrogen-bond donors (Lipinski definition) is 2. The fraction of sp³-hybridized carbons (Fsp3) is 1.00. The zero-order chi connectivity index (χ0) is 12.2. The molecule has 0 spiro atoms. The maximum atomic E-state index is 9.44. The van der Waals surface area contributed by atoms with E-state index >= 15 is 0 Å². The van der Waals surface area contributed by atoms with Crippen molar-refractivity contribution in [3.63, 3.8) is 0 Å². The van der Waals surface area contributed by atoms with Gasteiger partial charge >= 0.3 is 0 Å². The number of nitrogens with one attached hydrogen (secondary N) is 1. The van der Waals surface area contributed by atoms with Crippen LogP contribution in [0.25, 0.3) is 0 Å². The Bertz CT molecular complexity index is 204. The van der Waals surface area contributed by atoms with Crippen LogP contribution in [-0.4, -0.2) is 74.4 Å². The maximum Gasteiger partial charge on any atom is 0.0613 e. The average Bonchev–Trinajstić information content (AvgIpc) is 2.71. The molecule has 0 heterocycles. The smallest absolute Gasteiger partial charge is 0.0613 e. The van der Waals surface area contributed by atoms with Crippen molar-refractivity contribution in [2.24, 2.45) is 0 Å². The molecule has 2 unspecified atom stereocenters. The molecule has 1 fully saturated rings. The van der Waals surface area contributed by atoms with E-state index < -0.39 is 0 Å².